The van der Waals surface area contributed by atoms with Crippen molar-refractivity contribution in [2.45, 2.75) is 31.7 Å². The van der Waals surface area contributed by atoms with Crippen molar-refractivity contribution in [2.24, 2.45) is 0 Å². The molecule has 0 saturated carbocycles. The first-order valence-electron chi connectivity index (χ1n) is 9.17. The number of carbonyl (C=O) groups is 1. The third-order valence-corrected chi connectivity index (χ3v) is 5.21. The average Bonchev–Trinajstić information content (AvgIpc) is 2.65. The Morgan fingerprint density at radius 1 is 1.12 bits per heavy atom. The maximum atomic E-state index is 12.3. The molecule has 2 heterocycles. The second-order valence-electron chi connectivity index (χ2n) is 6.89. The molecule has 1 aromatic carbocycles. The number of carbonyl (C=O) groups excluding carboxylic acids is 1. The monoisotopic (exact) mass is 347 g/mol. The van der Waals surface area contributed by atoms with Crippen LogP contribution in [0, 0.1) is 0 Å². The number of benzene rings is 1. The average molecular weight is 347 g/mol. The molecular formula is C19H29N3O3. The highest BCUT2D eigenvalue weighted by molar-refractivity contribution is 5.91. The van der Waals surface area contributed by atoms with E-state index in [0.717, 1.165) is 26.2 Å². The molecule has 2 aliphatic rings. The molecule has 2 fully saturated rings. The van der Waals surface area contributed by atoms with Crippen LogP contribution in [-0.4, -0.2) is 68.7 Å². The first kappa shape index (κ1) is 18.0. The van der Waals surface area contributed by atoms with Crippen LogP contribution in [0.25, 0.3) is 0 Å². The number of methoxy groups -OCH3 is 2. The van der Waals surface area contributed by atoms with Gasteiger partial charge in [-0.25, -0.2) is 0 Å². The van der Waals surface area contributed by atoms with Gasteiger partial charge in [0.2, 0.25) is 5.91 Å². The highest BCUT2D eigenvalue weighted by Gasteiger charge is 2.28. The van der Waals surface area contributed by atoms with Gasteiger partial charge < -0.3 is 14.8 Å². The van der Waals surface area contributed by atoms with Crippen LogP contribution in [0.1, 0.15) is 25.7 Å². The van der Waals surface area contributed by atoms with Crippen molar-refractivity contribution in [2.75, 3.05) is 52.3 Å². The lowest BCUT2D eigenvalue weighted by Gasteiger charge is -2.44. The van der Waals surface area contributed by atoms with E-state index in [0.29, 0.717) is 29.6 Å². The lowest BCUT2D eigenvalue weighted by molar-refractivity contribution is -0.116. The minimum Gasteiger partial charge on any atom is -0.497 e. The maximum absolute atomic E-state index is 12.3. The topological polar surface area (TPSA) is 54.0 Å². The van der Waals surface area contributed by atoms with E-state index >= 15 is 0 Å². The van der Waals surface area contributed by atoms with E-state index < -0.39 is 0 Å². The van der Waals surface area contributed by atoms with E-state index in [-0.39, 0.29) is 5.91 Å². The third-order valence-electron chi connectivity index (χ3n) is 5.21. The van der Waals surface area contributed by atoms with Gasteiger partial charge >= 0.3 is 0 Å². The first-order chi connectivity index (χ1) is 12.2. The largest absolute Gasteiger partial charge is 0.497 e. The standard InChI is InChI=1S/C19H29N3O3/c1-24-17-11-15(12-18(13-17)25-2)20-19(23)6-8-21-9-10-22-7-4-3-5-16(22)14-21/h11-13,16H,3-10,14H2,1-2H3,(H,20,23). The number of nitrogens with zero attached hydrogens (tertiary/aromatic N) is 2. The van der Waals surface area contributed by atoms with E-state index in [1.165, 1.54) is 25.8 Å². The van der Waals surface area contributed by atoms with Gasteiger partial charge in [0.1, 0.15) is 11.5 Å². The normalized spacial score (nSPS) is 21.4. The molecule has 0 aliphatic carbocycles. The zero-order valence-electron chi connectivity index (χ0n) is 15.3. The van der Waals surface area contributed by atoms with Gasteiger partial charge in [0.15, 0.2) is 0 Å². The molecule has 138 valence electrons. The molecule has 0 spiro atoms. The quantitative estimate of drug-likeness (QED) is 0.855. The van der Waals surface area contributed by atoms with Crippen molar-refractivity contribution in [3.63, 3.8) is 0 Å². The Hall–Kier alpha value is -1.79. The molecule has 6 heteroatoms. The number of anilines is 1. The molecule has 2 saturated heterocycles. The number of piperidine rings is 1. The molecule has 3 rings (SSSR count). The number of nitrogens with one attached hydrogen (secondary N) is 1. The summed E-state index contributed by atoms with van der Waals surface area (Å²) in [4.78, 5) is 17.3. The number of hydrogen-bond acceptors (Lipinski definition) is 5. The van der Waals surface area contributed by atoms with Crippen molar-refractivity contribution in [3.8, 4) is 11.5 Å². The zero-order chi connectivity index (χ0) is 17.6. The summed E-state index contributed by atoms with van der Waals surface area (Å²) in [6.07, 6.45) is 4.48. The highest BCUT2D eigenvalue weighted by atomic mass is 16.5. The molecule has 0 radical (unpaired) electrons. The van der Waals surface area contributed by atoms with Gasteiger partial charge in [0.05, 0.1) is 14.2 Å². The molecule has 0 bridgehead atoms. The lowest BCUT2D eigenvalue weighted by Crippen LogP contribution is -2.55. The Bertz CT molecular complexity index is 571. The predicted molar refractivity (Wildman–Crippen MR) is 98.4 cm³/mol. The molecule has 1 aromatic rings. The summed E-state index contributed by atoms with van der Waals surface area (Å²) in [6.45, 7) is 5.37. The molecule has 0 aromatic heterocycles. The smallest absolute Gasteiger partial charge is 0.225 e. The van der Waals surface area contributed by atoms with Crippen LogP contribution in [0.5, 0.6) is 11.5 Å². The third kappa shape index (κ3) is 4.86. The molecule has 1 N–H and O–H groups in total. The van der Waals surface area contributed by atoms with E-state index in [9.17, 15) is 4.79 Å². The van der Waals surface area contributed by atoms with Crippen molar-refractivity contribution < 1.29 is 14.3 Å². The SMILES string of the molecule is COc1cc(NC(=O)CCN2CCN3CCCCC3C2)cc(OC)c1. The Morgan fingerprint density at radius 2 is 1.88 bits per heavy atom. The van der Waals surface area contributed by atoms with Crippen molar-refractivity contribution >= 4 is 11.6 Å². The molecule has 6 nitrogen and oxygen atoms in total. The summed E-state index contributed by atoms with van der Waals surface area (Å²) in [7, 11) is 3.20. The second kappa shape index (κ2) is 8.54. The van der Waals surface area contributed by atoms with Crippen LogP contribution in [-0.2, 0) is 4.79 Å². The van der Waals surface area contributed by atoms with Crippen molar-refractivity contribution in [1.29, 1.82) is 0 Å². The molecular weight excluding hydrogens is 318 g/mol. The number of ether oxygens (including phenoxy) is 2. The summed E-state index contributed by atoms with van der Waals surface area (Å²) in [5.41, 5.74) is 0.707. The van der Waals surface area contributed by atoms with E-state index in [1.807, 2.05) is 0 Å². The number of hydrogen-bond donors (Lipinski definition) is 1. The van der Waals surface area contributed by atoms with Crippen LogP contribution in [0.15, 0.2) is 18.2 Å². The first-order valence-corrected chi connectivity index (χ1v) is 9.17. The van der Waals surface area contributed by atoms with Gasteiger partial charge in [0, 0.05) is 62.5 Å². The number of amides is 1. The Morgan fingerprint density at radius 3 is 2.60 bits per heavy atom. The highest BCUT2D eigenvalue weighted by Crippen LogP contribution is 2.26. The summed E-state index contributed by atoms with van der Waals surface area (Å²) >= 11 is 0. The molecule has 2 aliphatic heterocycles. The zero-order valence-corrected chi connectivity index (χ0v) is 15.3. The maximum Gasteiger partial charge on any atom is 0.225 e. The van der Waals surface area contributed by atoms with E-state index in [1.54, 1.807) is 32.4 Å². The van der Waals surface area contributed by atoms with Gasteiger partial charge in [-0.2, -0.15) is 0 Å². The van der Waals surface area contributed by atoms with Gasteiger partial charge in [-0.1, -0.05) is 6.42 Å². The Balaban J connectivity index is 1.48. The molecule has 1 atom stereocenters. The van der Waals surface area contributed by atoms with Crippen molar-refractivity contribution in [1.82, 2.24) is 9.80 Å². The second-order valence-corrected chi connectivity index (χ2v) is 6.89. The molecule has 1 amide bonds. The van der Waals surface area contributed by atoms with E-state index in [4.69, 9.17) is 9.47 Å². The van der Waals surface area contributed by atoms with Gasteiger partial charge in [-0.3, -0.25) is 14.6 Å². The molecule has 25 heavy (non-hydrogen) atoms. The van der Waals surface area contributed by atoms with Crippen LogP contribution in [0.2, 0.25) is 0 Å². The Kier molecular flexibility index (Phi) is 6.15. The summed E-state index contributed by atoms with van der Waals surface area (Å²) in [5, 5.41) is 2.95. The fourth-order valence-corrected chi connectivity index (χ4v) is 3.79. The van der Waals surface area contributed by atoms with Crippen LogP contribution < -0.4 is 14.8 Å². The summed E-state index contributed by atoms with van der Waals surface area (Å²) in [5.74, 6) is 1.37. The van der Waals surface area contributed by atoms with E-state index in [2.05, 4.69) is 15.1 Å². The van der Waals surface area contributed by atoms with Gasteiger partial charge in [-0.15, -0.1) is 0 Å². The van der Waals surface area contributed by atoms with Crippen LogP contribution in [0.3, 0.4) is 0 Å². The van der Waals surface area contributed by atoms with Crippen molar-refractivity contribution in [3.05, 3.63) is 18.2 Å². The van der Waals surface area contributed by atoms with Gasteiger partial charge in [-0.05, 0) is 19.4 Å². The Labute approximate surface area is 150 Å². The molecule has 1 unspecified atom stereocenters. The predicted octanol–water partition coefficient (Wildman–Crippen LogP) is 2.20. The minimum atomic E-state index is 0.0291. The fourth-order valence-electron chi connectivity index (χ4n) is 3.79. The summed E-state index contributed by atoms with van der Waals surface area (Å²) < 4.78 is 10.5. The van der Waals surface area contributed by atoms with Crippen LogP contribution >= 0.6 is 0 Å². The summed E-state index contributed by atoms with van der Waals surface area (Å²) in [6, 6.07) is 6.09. The van der Waals surface area contributed by atoms with Gasteiger partial charge in [0.25, 0.3) is 0 Å². The number of fused-ring (bicyclic) bond motifs is 1. The van der Waals surface area contributed by atoms with Crippen LogP contribution in [0.4, 0.5) is 5.69 Å². The lowest BCUT2D eigenvalue weighted by atomic mass is 9.99. The minimum absolute atomic E-state index is 0.0291. The number of piperazine rings is 1. The number of rotatable bonds is 6. The fraction of sp³-hybridized carbons (Fsp3) is 0.632.